The normalized spacial score (nSPS) is 13.5. The first-order chi connectivity index (χ1) is 9.20. The van der Waals surface area contributed by atoms with Crippen LogP contribution in [0.4, 0.5) is 0 Å². The Bertz CT molecular complexity index is 555. The van der Waals surface area contributed by atoms with E-state index in [4.69, 9.17) is 5.26 Å². The molecule has 0 aliphatic carbocycles. The van der Waals surface area contributed by atoms with Crippen LogP contribution in [0.5, 0.6) is 0 Å². The standard InChI is InChI=1S/C16H17N3/c1-12(15-7-5-14(10-17)6-8-15)19-13(2)16-4-3-9-18-11-16/h3-9,11-13,19H,1-2H3/t12?,13-/m1/s1. The molecule has 3 heteroatoms. The molecule has 96 valence electrons. The molecule has 0 amide bonds. The largest absolute Gasteiger partial charge is 0.304 e. The molecular formula is C16H17N3. The van der Waals surface area contributed by atoms with E-state index in [-0.39, 0.29) is 12.1 Å². The molecule has 1 unspecified atom stereocenters. The fourth-order valence-electron chi connectivity index (χ4n) is 2.05. The van der Waals surface area contributed by atoms with E-state index >= 15 is 0 Å². The summed E-state index contributed by atoms with van der Waals surface area (Å²) in [6.45, 7) is 4.24. The first kappa shape index (κ1) is 13.3. The van der Waals surface area contributed by atoms with Crippen molar-refractivity contribution >= 4 is 0 Å². The van der Waals surface area contributed by atoms with Crippen molar-refractivity contribution in [2.45, 2.75) is 25.9 Å². The summed E-state index contributed by atoms with van der Waals surface area (Å²) >= 11 is 0. The van der Waals surface area contributed by atoms with Crippen molar-refractivity contribution in [3.05, 3.63) is 65.5 Å². The van der Waals surface area contributed by atoms with Crippen LogP contribution in [0, 0.1) is 11.3 Å². The molecule has 1 heterocycles. The molecule has 0 saturated heterocycles. The molecule has 0 bridgehead atoms. The van der Waals surface area contributed by atoms with E-state index in [0.717, 1.165) is 0 Å². The van der Waals surface area contributed by atoms with Crippen LogP contribution < -0.4 is 5.32 Å². The summed E-state index contributed by atoms with van der Waals surface area (Å²) in [5.74, 6) is 0. The molecule has 1 N–H and O–H groups in total. The van der Waals surface area contributed by atoms with Gasteiger partial charge in [-0.1, -0.05) is 18.2 Å². The molecule has 2 rings (SSSR count). The number of pyridine rings is 1. The van der Waals surface area contributed by atoms with Crippen LogP contribution >= 0.6 is 0 Å². The Morgan fingerprint density at radius 3 is 2.32 bits per heavy atom. The van der Waals surface area contributed by atoms with Crippen LogP contribution in [-0.4, -0.2) is 4.98 Å². The zero-order valence-electron chi connectivity index (χ0n) is 11.2. The number of hydrogen-bond acceptors (Lipinski definition) is 3. The number of hydrogen-bond donors (Lipinski definition) is 1. The number of nitrogens with one attached hydrogen (secondary N) is 1. The lowest BCUT2D eigenvalue weighted by atomic mass is 10.0. The molecule has 3 nitrogen and oxygen atoms in total. The van der Waals surface area contributed by atoms with E-state index in [9.17, 15) is 0 Å². The molecule has 2 atom stereocenters. The van der Waals surface area contributed by atoms with Crippen molar-refractivity contribution in [3.8, 4) is 6.07 Å². The van der Waals surface area contributed by atoms with Gasteiger partial charge in [0, 0.05) is 24.5 Å². The smallest absolute Gasteiger partial charge is 0.0991 e. The van der Waals surface area contributed by atoms with Gasteiger partial charge in [-0.25, -0.2) is 0 Å². The molecule has 2 aromatic rings. The molecule has 0 fully saturated rings. The second-order valence-corrected chi connectivity index (χ2v) is 4.63. The average Bonchev–Trinajstić information content (AvgIpc) is 2.48. The Hall–Kier alpha value is -2.18. The molecule has 0 aliphatic heterocycles. The maximum Gasteiger partial charge on any atom is 0.0991 e. The lowest BCUT2D eigenvalue weighted by molar-refractivity contribution is 0.494. The van der Waals surface area contributed by atoms with Crippen LogP contribution in [0.25, 0.3) is 0 Å². The summed E-state index contributed by atoms with van der Waals surface area (Å²) in [5.41, 5.74) is 3.04. The molecular weight excluding hydrogens is 234 g/mol. The average molecular weight is 251 g/mol. The predicted molar refractivity (Wildman–Crippen MR) is 75.4 cm³/mol. The summed E-state index contributed by atoms with van der Waals surface area (Å²) < 4.78 is 0. The van der Waals surface area contributed by atoms with E-state index in [1.165, 1.54) is 11.1 Å². The van der Waals surface area contributed by atoms with Gasteiger partial charge in [-0.15, -0.1) is 0 Å². The fourth-order valence-corrected chi connectivity index (χ4v) is 2.05. The van der Waals surface area contributed by atoms with Crippen molar-refractivity contribution in [1.29, 1.82) is 5.26 Å². The summed E-state index contributed by atoms with van der Waals surface area (Å²) in [4.78, 5) is 4.13. The van der Waals surface area contributed by atoms with Crippen LogP contribution in [-0.2, 0) is 0 Å². The van der Waals surface area contributed by atoms with Crippen LogP contribution in [0.15, 0.2) is 48.8 Å². The summed E-state index contributed by atoms with van der Waals surface area (Å²) in [5, 5.41) is 12.3. The molecule has 0 spiro atoms. The third-order valence-corrected chi connectivity index (χ3v) is 3.22. The first-order valence-corrected chi connectivity index (χ1v) is 6.36. The predicted octanol–water partition coefficient (Wildman–Crippen LogP) is 3.37. The highest BCUT2D eigenvalue weighted by atomic mass is 14.9. The minimum Gasteiger partial charge on any atom is -0.304 e. The number of nitriles is 1. The minimum atomic E-state index is 0.225. The van der Waals surface area contributed by atoms with E-state index in [2.05, 4.69) is 36.3 Å². The zero-order chi connectivity index (χ0) is 13.7. The summed E-state index contributed by atoms with van der Waals surface area (Å²) in [7, 11) is 0. The van der Waals surface area contributed by atoms with Crippen molar-refractivity contribution in [2.75, 3.05) is 0 Å². The molecule has 1 aromatic heterocycles. The van der Waals surface area contributed by atoms with Gasteiger partial charge in [-0.3, -0.25) is 4.98 Å². The Balaban J connectivity index is 2.04. The van der Waals surface area contributed by atoms with Crippen LogP contribution in [0.3, 0.4) is 0 Å². The number of nitrogens with zero attached hydrogens (tertiary/aromatic N) is 2. The highest BCUT2D eigenvalue weighted by Gasteiger charge is 2.10. The SMILES string of the molecule is CC(N[C@H](C)c1cccnc1)c1ccc(C#N)cc1. The van der Waals surface area contributed by atoms with Gasteiger partial charge in [0.05, 0.1) is 11.6 Å². The highest BCUT2D eigenvalue weighted by Crippen LogP contribution is 2.19. The number of aromatic nitrogens is 1. The third kappa shape index (κ3) is 3.40. The van der Waals surface area contributed by atoms with Gasteiger partial charge in [-0.2, -0.15) is 5.26 Å². The van der Waals surface area contributed by atoms with Crippen molar-refractivity contribution in [3.63, 3.8) is 0 Å². The van der Waals surface area contributed by atoms with E-state index < -0.39 is 0 Å². The van der Waals surface area contributed by atoms with Crippen molar-refractivity contribution < 1.29 is 0 Å². The lowest BCUT2D eigenvalue weighted by Gasteiger charge is -2.20. The second-order valence-electron chi connectivity index (χ2n) is 4.63. The fraction of sp³-hybridized carbons (Fsp3) is 0.250. The molecule has 0 radical (unpaired) electrons. The molecule has 0 saturated carbocycles. The lowest BCUT2D eigenvalue weighted by Crippen LogP contribution is -2.22. The summed E-state index contributed by atoms with van der Waals surface area (Å²) in [6, 6.07) is 14.3. The van der Waals surface area contributed by atoms with Gasteiger partial charge < -0.3 is 5.32 Å². The van der Waals surface area contributed by atoms with E-state index in [1.807, 2.05) is 36.5 Å². The van der Waals surface area contributed by atoms with Gasteiger partial charge in [0.25, 0.3) is 0 Å². The van der Waals surface area contributed by atoms with Crippen LogP contribution in [0.2, 0.25) is 0 Å². The third-order valence-electron chi connectivity index (χ3n) is 3.22. The summed E-state index contributed by atoms with van der Waals surface area (Å²) in [6.07, 6.45) is 3.66. The quantitative estimate of drug-likeness (QED) is 0.906. The van der Waals surface area contributed by atoms with Gasteiger partial charge in [0.2, 0.25) is 0 Å². The number of benzene rings is 1. The van der Waals surface area contributed by atoms with E-state index in [1.54, 1.807) is 6.20 Å². The molecule has 19 heavy (non-hydrogen) atoms. The highest BCUT2D eigenvalue weighted by molar-refractivity contribution is 5.32. The maximum atomic E-state index is 8.79. The molecule has 1 aromatic carbocycles. The Morgan fingerprint density at radius 2 is 1.74 bits per heavy atom. The first-order valence-electron chi connectivity index (χ1n) is 6.36. The van der Waals surface area contributed by atoms with Crippen LogP contribution in [0.1, 0.15) is 42.6 Å². The van der Waals surface area contributed by atoms with Crippen molar-refractivity contribution in [2.24, 2.45) is 0 Å². The zero-order valence-corrected chi connectivity index (χ0v) is 11.2. The van der Waals surface area contributed by atoms with E-state index in [0.29, 0.717) is 5.56 Å². The van der Waals surface area contributed by atoms with Gasteiger partial charge in [0.15, 0.2) is 0 Å². The minimum absolute atomic E-state index is 0.225. The second kappa shape index (κ2) is 6.12. The van der Waals surface area contributed by atoms with Gasteiger partial charge in [0.1, 0.15) is 0 Å². The Kier molecular flexibility index (Phi) is 4.27. The topological polar surface area (TPSA) is 48.7 Å². The van der Waals surface area contributed by atoms with Crippen molar-refractivity contribution in [1.82, 2.24) is 10.3 Å². The monoisotopic (exact) mass is 251 g/mol. The maximum absolute atomic E-state index is 8.79. The Morgan fingerprint density at radius 1 is 1.05 bits per heavy atom. The molecule has 0 aliphatic rings. The number of rotatable bonds is 4. The van der Waals surface area contributed by atoms with Gasteiger partial charge in [-0.05, 0) is 43.2 Å². The Labute approximate surface area is 113 Å². The van der Waals surface area contributed by atoms with Gasteiger partial charge >= 0.3 is 0 Å².